The van der Waals surface area contributed by atoms with Gasteiger partial charge in [0.2, 0.25) is 5.91 Å². The highest BCUT2D eigenvalue weighted by atomic mass is 16.2. The summed E-state index contributed by atoms with van der Waals surface area (Å²) >= 11 is 0. The molecule has 2 aromatic rings. The molecule has 1 saturated heterocycles. The number of hydrogen-bond donors (Lipinski definition) is 2. The van der Waals surface area contributed by atoms with Gasteiger partial charge in [0, 0.05) is 25.2 Å². The van der Waals surface area contributed by atoms with Crippen molar-refractivity contribution in [2.45, 2.75) is 32.1 Å². The van der Waals surface area contributed by atoms with Gasteiger partial charge in [0.15, 0.2) is 0 Å². The van der Waals surface area contributed by atoms with Crippen LogP contribution in [0, 0.1) is 0 Å². The lowest BCUT2D eigenvalue weighted by molar-refractivity contribution is -0.116. The summed E-state index contributed by atoms with van der Waals surface area (Å²) in [7, 11) is 0. The number of primary amides is 1. The first-order chi connectivity index (χ1) is 12.6. The first-order valence-electron chi connectivity index (χ1n) is 9.16. The highest BCUT2D eigenvalue weighted by Crippen LogP contribution is 2.26. The maximum absolute atomic E-state index is 12.3. The van der Waals surface area contributed by atoms with Crippen LogP contribution in [-0.4, -0.2) is 24.9 Å². The van der Waals surface area contributed by atoms with Crippen molar-refractivity contribution in [2.75, 3.05) is 23.3 Å². The van der Waals surface area contributed by atoms with Crippen LogP contribution in [0.25, 0.3) is 0 Å². The van der Waals surface area contributed by atoms with Gasteiger partial charge in [-0.15, -0.1) is 0 Å². The van der Waals surface area contributed by atoms with E-state index in [1.54, 1.807) is 12.1 Å². The average Bonchev–Trinajstić information content (AvgIpc) is 2.68. The van der Waals surface area contributed by atoms with Gasteiger partial charge in [-0.3, -0.25) is 9.59 Å². The van der Waals surface area contributed by atoms with E-state index in [9.17, 15) is 9.59 Å². The number of rotatable bonds is 6. The van der Waals surface area contributed by atoms with Crippen molar-refractivity contribution >= 4 is 23.2 Å². The van der Waals surface area contributed by atoms with Gasteiger partial charge >= 0.3 is 0 Å². The first-order valence-corrected chi connectivity index (χ1v) is 9.16. The van der Waals surface area contributed by atoms with Crippen LogP contribution in [0.3, 0.4) is 0 Å². The minimum Gasteiger partial charge on any atom is -0.372 e. The highest BCUT2D eigenvalue weighted by Gasteiger charge is 2.16. The lowest BCUT2D eigenvalue weighted by Gasteiger charge is -2.29. The smallest absolute Gasteiger partial charge is 0.250 e. The summed E-state index contributed by atoms with van der Waals surface area (Å²) < 4.78 is 0. The molecule has 5 nitrogen and oxygen atoms in total. The number of carbonyl (C=O) groups excluding carboxylic acids is 2. The minimum atomic E-state index is -0.526. The number of piperidine rings is 1. The molecule has 5 heteroatoms. The molecule has 0 saturated carbocycles. The van der Waals surface area contributed by atoms with E-state index in [-0.39, 0.29) is 5.91 Å². The van der Waals surface area contributed by atoms with Gasteiger partial charge in [0.05, 0.1) is 11.3 Å². The third-order valence-electron chi connectivity index (χ3n) is 4.75. The van der Waals surface area contributed by atoms with Gasteiger partial charge in [-0.25, -0.2) is 0 Å². The molecule has 3 N–H and O–H groups in total. The molecule has 0 aliphatic carbocycles. The number of nitrogens with one attached hydrogen (secondary N) is 1. The Balaban J connectivity index is 1.68. The second-order valence-corrected chi connectivity index (χ2v) is 6.68. The predicted molar refractivity (Wildman–Crippen MR) is 104 cm³/mol. The van der Waals surface area contributed by atoms with Crippen LogP contribution in [-0.2, 0) is 11.2 Å². The van der Waals surface area contributed by atoms with Crippen molar-refractivity contribution in [3.05, 3.63) is 59.7 Å². The Bertz CT molecular complexity index is 768. The Labute approximate surface area is 154 Å². The molecule has 1 fully saturated rings. The molecular weight excluding hydrogens is 326 g/mol. The SMILES string of the molecule is NC(=O)c1cc(N2CCCCC2)ccc1NC(=O)CCc1ccccc1. The topological polar surface area (TPSA) is 75.4 Å². The molecule has 2 aromatic carbocycles. The van der Waals surface area contributed by atoms with E-state index in [0.29, 0.717) is 24.1 Å². The molecule has 0 spiro atoms. The summed E-state index contributed by atoms with van der Waals surface area (Å²) in [4.78, 5) is 26.4. The number of aryl methyl sites for hydroxylation is 1. The molecule has 3 rings (SSSR count). The van der Waals surface area contributed by atoms with E-state index in [2.05, 4.69) is 10.2 Å². The van der Waals surface area contributed by atoms with Crippen molar-refractivity contribution in [1.82, 2.24) is 0 Å². The summed E-state index contributed by atoms with van der Waals surface area (Å²) in [6, 6.07) is 15.4. The van der Waals surface area contributed by atoms with Crippen LogP contribution in [0.2, 0.25) is 0 Å². The number of amides is 2. The summed E-state index contributed by atoms with van der Waals surface area (Å²) in [5.41, 5.74) is 8.49. The summed E-state index contributed by atoms with van der Waals surface area (Å²) in [5.74, 6) is -0.649. The fourth-order valence-electron chi connectivity index (χ4n) is 3.31. The quantitative estimate of drug-likeness (QED) is 0.838. The molecule has 2 amide bonds. The fourth-order valence-corrected chi connectivity index (χ4v) is 3.31. The average molecular weight is 351 g/mol. The molecule has 0 unspecified atom stereocenters. The Morgan fingerprint density at radius 2 is 1.73 bits per heavy atom. The van der Waals surface area contributed by atoms with Gasteiger partial charge in [-0.1, -0.05) is 30.3 Å². The predicted octanol–water partition coefficient (Wildman–Crippen LogP) is 3.35. The zero-order valence-corrected chi connectivity index (χ0v) is 14.9. The molecule has 0 atom stereocenters. The van der Waals surface area contributed by atoms with Crippen LogP contribution in [0.1, 0.15) is 41.6 Å². The first kappa shape index (κ1) is 18.0. The Kier molecular flexibility index (Phi) is 5.89. The lowest BCUT2D eigenvalue weighted by Crippen LogP contribution is -2.29. The van der Waals surface area contributed by atoms with E-state index in [1.807, 2.05) is 36.4 Å². The van der Waals surface area contributed by atoms with Crippen molar-refractivity contribution in [1.29, 1.82) is 0 Å². The van der Waals surface area contributed by atoms with Gasteiger partial charge in [-0.2, -0.15) is 0 Å². The van der Waals surface area contributed by atoms with Crippen LogP contribution >= 0.6 is 0 Å². The standard InChI is InChI=1S/C21H25N3O2/c22-21(26)18-15-17(24-13-5-2-6-14-24)10-11-19(18)23-20(25)12-9-16-7-3-1-4-8-16/h1,3-4,7-8,10-11,15H,2,5-6,9,12-14H2,(H2,22,26)(H,23,25). The Morgan fingerprint density at radius 3 is 2.42 bits per heavy atom. The van der Waals surface area contributed by atoms with Crippen LogP contribution in [0.4, 0.5) is 11.4 Å². The normalized spacial score (nSPS) is 14.1. The molecule has 0 radical (unpaired) electrons. The van der Waals surface area contributed by atoms with Crippen molar-refractivity contribution in [3.8, 4) is 0 Å². The van der Waals surface area contributed by atoms with Gasteiger partial charge in [-0.05, 0) is 49.4 Å². The van der Waals surface area contributed by atoms with Gasteiger partial charge < -0.3 is 16.0 Å². The highest BCUT2D eigenvalue weighted by molar-refractivity contribution is 6.03. The second-order valence-electron chi connectivity index (χ2n) is 6.68. The summed E-state index contributed by atoms with van der Waals surface area (Å²) in [5, 5.41) is 2.83. The largest absolute Gasteiger partial charge is 0.372 e. The number of carbonyl (C=O) groups is 2. The van der Waals surface area contributed by atoms with Crippen molar-refractivity contribution in [3.63, 3.8) is 0 Å². The second kappa shape index (κ2) is 8.52. The minimum absolute atomic E-state index is 0.123. The Hall–Kier alpha value is -2.82. The molecule has 0 aromatic heterocycles. The van der Waals surface area contributed by atoms with Crippen LogP contribution < -0.4 is 16.0 Å². The molecule has 1 aliphatic heterocycles. The number of anilines is 2. The van der Waals surface area contributed by atoms with Crippen molar-refractivity contribution < 1.29 is 9.59 Å². The number of nitrogens with two attached hydrogens (primary N) is 1. The van der Waals surface area contributed by atoms with E-state index in [0.717, 1.165) is 37.2 Å². The number of hydrogen-bond acceptors (Lipinski definition) is 3. The molecule has 0 bridgehead atoms. The van der Waals surface area contributed by atoms with Gasteiger partial charge in [0.1, 0.15) is 0 Å². The third-order valence-corrected chi connectivity index (χ3v) is 4.75. The maximum atomic E-state index is 12.3. The van der Waals surface area contributed by atoms with E-state index in [4.69, 9.17) is 5.73 Å². The molecule has 26 heavy (non-hydrogen) atoms. The van der Waals surface area contributed by atoms with Gasteiger partial charge in [0.25, 0.3) is 5.91 Å². The van der Waals surface area contributed by atoms with E-state index in [1.165, 1.54) is 6.42 Å². The van der Waals surface area contributed by atoms with Crippen LogP contribution in [0.5, 0.6) is 0 Å². The molecule has 1 aliphatic rings. The zero-order chi connectivity index (χ0) is 18.4. The molecule has 136 valence electrons. The van der Waals surface area contributed by atoms with Crippen LogP contribution in [0.15, 0.2) is 48.5 Å². The number of nitrogens with zero attached hydrogens (tertiary/aromatic N) is 1. The zero-order valence-electron chi connectivity index (χ0n) is 14.9. The van der Waals surface area contributed by atoms with Crippen molar-refractivity contribution in [2.24, 2.45) is 5.73 Å². The maximum Gasteiger partial charge on any atom is 0.250 e. The fraction of sp³-hybridized carbons (Fsp3) is 0.333. The van der Waals surface area contributed by atoms with E-state index < -0.39 is 5.91 Å². The molecule has 1 heterocycles. The molecular formula is C21H25N3O2. The Morgan fingerprint density at radius 1 is 1.00 bits per heavy atom. The lowest BCUT2D eigenvalue weighted by atomic mass is 10.1. The number of benzene rings is 2. The summed E-state index contributed by atoms with van der Waals surface area (Å²) in [6.07, 6.45) is 4.57. The monoisotopic (exact) mass is 351 g/mol. The van der Waals surface area contributed by atoms with E-state index >= 15 is 0 Å². The summed E-state index contributed by atoms with van der Waals surface area (Å²) in [6.45, 7) is 1.97. The third kappa shape index (κ3) is 4.63.